The van der Waals surface area contributed by atoms with Crippen molar-refractivity contribution in [1.29, 1.82) is 0 Å². The summed E-state index contributed by atoms with van der Waals surface area (Å²) >= 11 is 7.85. The normalized spacial score (nSPS) is 25.6. The average Bonchev–Trinajstić information content (AvgIpc) is 2.33. The summed E-state index contributed by atoms with van der Waals surface area (Å²) in [4.78, 5) is 1.31. The number of hydrogen-bond donors (Lipinski definition) is 1. The van der Waals surface area contributed by atoms with Crippen molar-refractivity contribution in [2.24, 2.45) is 11.7 Å². The molecule has 2 atom stereocenters. The Morgan fingerprint density at radius 3 is 2.56 bits per heavy atom. The third-order valence-corrected chi connectivity index (χ3v) is 4.96. The largest absolute Gasteiger partial charge is 0.330 e. The van der Waals surface area contributed by atoms with E-state index in [1.54, 1.807) is 0 Å². The molecule has 1 saturated carbocycles. The first kappa shape index (κ1) is 12.3. The van der Waals surface area contributed by atoms with Crippen molar-refractivity contribution in [3.63, 3.8) is 0 Å². The van der Waals surface area contributed by atoms with Gasteiger partial charge in [-0.25, -0.2) is 0 Å². The lowest BCUT2D eigenvalue weighted by atomic mass is 9.89. The van der Waals surface area contributed by atoms with Crippen LogP contribution in [0.1, 0.15) is 25.7 Å². The van der Waals surface area contributed by atoms with Crippen molar-refractivity contribution in [3.8, 4) is 0 Å². The van der Waals surface area contributed by atoms with Crippen LogP contribution < -0.4 is 5.73 Å². The molecule has 0 heterocycles. The molecular formula is C13H18ClNS. The van der Waals surface area contributed by atoms with Gasteiger partial charge in [0.1, 0.15) is 0 Å². The zero-order valence-electron chi connectivity index (χ0n) is 9.36. The molecule has 2 unspecified atom stereocenters. The second-order valence-electron chi connectivity index (χ2n) is 4.39. The quantitative estimate of drug-likeness (QED) is 0.885. The molecule has 2 N–H and O–H groups in total. The molecule has 88 valence electrons. The van der Waals surface area contributed by atoms with E-state index < -0.39 is 0 Å². The van der Waals surface area contributed by atoms with Crippen LogP contribution in [0.2, 0.25) is 5.02 Å². The van der Waals surface area contributed by atoms with E-state index in [2.05, 4.69) is 12.1 Å². The van der Waals surface area contributed by atoms with Gasteiger partial charge in [-0.3, -0.25) is 0 Å². The van der Waals surface area contributed by atoms with Crippen molar-refractivity contribution in [1.82, 2.24) is 0 Å². The topological polar surface area (TPSA) is 26.0 Å². The lowest BCUT2D eigenvalue weighted by molar-refractivity contribution is 0.378. The fraction of sp³-hybridized carbons (Fsp3) is 0.538. The number of halogens is 1. The lowest BCUT2D eigenvalue weighted by Crippen LogP contribution is -2.28. The Kier molecular flexibility index (Phi) is 4.56. The summed E-state index contributed by atoms with van der Waals surface area (Å²) in [7, 11) is 0. The van der Waals surface area contributed by atoms with E-state index in [0.717, 1.165) is 11.6 Å². The number of rotatable bonds is 3. The minimum Gasteiger partial charge on any atom is -0.330 e. The zero-order valence-corrected chi connectivity index (χ0v) is 10.9. The Balaban J connectivity index is 1.99. The van der Waals surface area contributed by atoms with Gasteiger partial charge in [-0.05, 0) is 49.6 Å². The molecule has 1 aromatic carbocycles. The standard InChI is InChI=1S/C13H18ClNS/c14-11-5-7-12(8-6-11)16-13-4-2-1-3-10(13)9-15/h5-8,10,13H,1-4,9,15H2. The minimum atomic E-state index is 0.689. The maximum atomic E-state index is 5.88. The van der Waals surface area contributed by atoms with Crippen molar-refractivity contribution in [2.45, 2.75) is 35.8 Å². The predicted molar refractivity (Wildman–Crippen MR) is 72.1 cm³/mol. The zero-order chi connectivity index (χ0) is 11.4. The first-order valence-corrected chi connectivity index (χ1v) is 7.17. The van der Waals surface area contributed by atoms with Crippen molar-refractivity contribution in [3.05, 3.63) is 29.3 Å². The summed E-state index contributed by atoms with van der Waals surface area (Å²) in [5.41, 5.74) is 5.84. The molecule has 0 aromatic heterocycles. The maximum Gasteiger partial charge on any atom is 0.0406 e. The van der Waals surface area contributed by atoms with Crippen LogP contribution in [-0.2, 0) is 0 Å². The molecule has 0 amide bonds. The van der Waals surface area contributed by atoms with Crippen LogP contribution in [0.4, 0.5) is 0 Å². The highest BCUT2D eigenvalue weighted by Gasteiger charge is 2.24. The highest BCUT2D eigenvalue weighted by molar-refractivity contribution is 8.00. The van der Waals surface area contributed by atoms with Crippen molar-refractivity contribution < 1.29 is 0 Å². The molecule has 3 heteroatoms. The van der Waals surface area contributed by atoms with Gasteiger partial charge in [0.15, 0.2) is 0 Å². The number of benzene rings is 1. The van der Waals surface area contributed by atoms with Gasteiger partial charge in [-0.15, -0.1) is 11.8 Å². The fourth-order valence-corrected chi connectivity index (χ4v) is 3.78. The first-order valence-electron chi connectivity index (χ1n) is 5.92. The van der Waals surface area contributed by atoms with E-state index >= 15 is 0 Å². The smallest absolute Gasteiger partial charge is 0.0406 e. The number of hydrogen-bond acceptors (Lipinski definition) is 2. The van der Waals surface area contributed by atoms with E-state index in [1.807, 2.05) is 23.9 Å². The van der Waals surface area contributed by atoms with Crippen molar-refractivity contribution >= 4 is 23.4 Å². The van der Waals surface area contributed by atoms with Crippen molar-refractivity contribution in [2.75, 3.05) is 6.54 Å². The van der Waals surface area contributed by atoms with Gasteiger partial charge in [0.25, 0.3) is 0 Å². The highest BCUT2D eigenvalue weighted by Crippen LogP contribution is 2.37. The lowest BCUT2D eigenvalue weighted by Gasteiger charge is -2.30. The predicted octanol–water partition coefficient (Wildman–Crippen LogP) is 3.95. The van der Waals surface area contributed by atoms with Gasteiger partial charge in [0, 0.05) is 15.2 Å². The Morgan fingerprint density at radius 1 is 1.19 bits per heavy atom. The summed E-state index contributed by atoms with van der Waals surface area (Å²) in [6, 6.07) is 8.14. The third kappa shape index (κ3) is 3.16. The van der Waals surface area contributed by atoms with Gasteiger partial charge in [0.05, 0.1) is 0 Å². The highest BCUT2D eigenvalue weighted by atomic mass is 35.5. The van der Waals surface area contributed by atoms with Gasteiger partial charge >= 0.3 is 0 Å². The van der Waals surface area contributed by atoms with E-state index in [9.17, 15) is 0 Å². The Hall–Kier alpha value is -0.180. The van der Waals surface area contributed by atoms with Crippen LogP contribution in [0.3, 0.4) is 0 Å². The molecule has 1 fully saturated rings. The summed E-state index contributed by atoms with van der Waals surface area (Å²) in [6.07, 6.45) is 5.29. The maximum absolute atomic E-state index is 5.88. The van der Waals surface area contributed by atoms with Crippen LogP contribution in [0.25, 0.3) is 0 Å². The molecule has 0 spiro atoms. The molecule has 16 heavy (non-hydrogen) atoms. The molecule has 0 radical (unpaired) electrons. The van der Waals surface area contributed by atoms with Crippen LogP contribution in [0.15, 0.2) is 29.2 Å². The second-order valence-corrected chi connectivity index (χ2v) is 6.14. The molecule has 1 nitrogen and oxygen atoms in total. The second kappa shape index (κ2) is 5.95. The minimum absolute atomic E-state index is 0.689. The summed E-state index contributed by atoms with van der Waals surface area (Å²) < 4.78 is 0. The van der Waals surface area contributed by atoms with Crippen LogP contribution >= 0.6 is 23.4 Å². The Labute approximate surface area is 107 Å². The number of nitrogens with two attached hydrogens (primary N) is 1. The number of thioether (sulfide) groups is 1. The molecular weight excluding hydrogens is 238 g/mol. The van der Waals surface area contributed by atoms with E-state index in [4.69, 9.17) is 17.3 Å². The van der Waals surface area contributed by atoms with Crippen LogP contribution in [0.5, 0.6) is 0 Å². The monoisotopic (exact) mass is 255 g/mol. The third-order valence-electron chi connectivity index (χ3n) is 3.24. The Morgan fingerprint density at radius 2 is 1.88 bits per heavy atom. The Bertz CT molecular complexity index is 325. The summed E-state index contributed by atoms with van der Waals surface area (Å²) in [6.45, 7) is 0.825. The van der Waals surface area contributed by atoms with Gasteiger partial charge < -0.3 is 5.73 Å². The van der Waals surface area contributed by atoms with Gasteiger partial charge in [0.2, 0.25) is 0 Å². The molecule has 0 bridgehead atoms. The molecule has 1 aliphatic rings. The van der Waals surface area contributed by atoms with Gasteiger partial charge in [-0.1, -0.05) is 24.4 Å². The molecule has 0 aliphatic heterocycles. The fourth-order valence-electron chi connectivity index (χ4n) is 2.29. The SMILES string of the molecule is NCC1CCCCC1Sc1ccc(Cl)cc1. The van der Waals surface area contributed by atoms with E-state index in [1.165, 1.54) is 30.6 Å². The van der Waals surface area contributed by atoms with Crippen LogP contribution in [0, 0.1) is 5.92 Å². The van der Waals surface area contributed by atoms with E-state index in [-0.39, 0.29) is 0 Å². The molecule has 1 aromatic rings. The van der Waals surface area contributed by atoms with Crippen LogP contribution in [-0.4, -0.2) is 11.8 Å². The van der Waals surface area contributed by atoms with Gasteiger partial charge in [-0.2, -0.15) is 0 Å². The summed E-state index contributed by atoms with van der Waals surface area (Å²) in [5, 5.41) is 1.50. The average molecular weight is 256 g/mol. The summed E-state index contributed by atoms with van der Waals surface area (Å²) in [5.74, 6) is 0.689. The molecule has 0 saturated heterocycles. The molecule has 1 aliphatic carbocycles. The van der Waals surface area contributed by atoms with E-state index in [0.29, 0.717) is 11.2 Å². The molecule has 2 rings (SSSR count). The first-order chi connectivity index (χ1) is 7.79.